The first kappa shape index (κ1) is 19.3. The number of aromatic nitrogens is 2. The Morgan fingerprint density at radius 2 is 2.17 bits per heavy atom. The van der Waals surface area contributed by atoms with Crippen molar-refractivity contribution in [3.05, 3.63) is 40.9 Å². The summed E-state index contributed by atoms with van der Waals surface area (Å²) in [5.41, 5.74) is 2.00. The van der Waals surface area contributed by atoms with Crippen molar-refractivity contribution in [3.8, 4) is 0 Å². The normalized spacial score (nSPS) is 25.4. The molecule has 3 aliphatic rings. The number of nitrogens with one attached hydrogen (secondary N) is 1. The highest BCUT2D eigenvalue weighted by Crippen LogP contribution is 2.36. The van der Waals surface area contributed by atoms with E-state index in [1.54, 1.807) is 16.0 Å². The van der Waals surface area contributed by atoms with E-state index in [9.17, 15) is 14.0 Å². The number of hydrogen-bond acceptors (Lipinski definition) is 4. The molecule has 5 rings (SSSR count). The maximum absolute atomic E-state index is 13.4. The third-order valence-corrected chi connectivity index (χ3v) is 6.43. The zero-order valence-electron chi connectivity index (χ0n) is 16.3. The third-order valence-electron chi connectivity index (χ3n) is 6.14. The van der Waals surface area contributed by atoms with E-state index in [1.165, 1.54) is 18.2 Å². The first-order valence-corrected chi connectivity index (χ1v) is 10.3. The van der Waals surface area contributed by atoms with Crippen LogP contribution in [-0.4, -0.2) is 52.4 Å². The van der Waals surface area contributed by atoms with Gasteiger partial charge < -0.3 is 19.9 Å². The Hall–Kier alpha value is -2.65. The average Bonchev–Trinajstić information content (AvgIpc) is 3.40. The lowest BCUT2D eigenvalue weighted by Gasteiger charge is -2.35. The Bertz CT molecular complexity index is 1030. The molecule has 0 aliphatic carbocycles. The van der Waals surface area contributed by atoms with Crippen LogP contribution >= 0.6 is 11.6 Å². The number of carbonyl (C=O) groups is 2. The van der Waals surface area contributed by atoms with Gasteiger partial charge in [-0.25, -0.2) is 9.18 Å². The minimum atomic E-state index is -0.542. The molecule has 0 spiro atoms. The van der Waals surface area contributed by atoms with Crippen molar-refractivity contribution in [1.29, 1.82) is 0 Å². The summed E-state index contributed by atoms with van der Waals surface area (Å²) in [6.07, 6.45) is 1.71. The number of carbonyl (C=O) groups excluding carboxylic acids is 2. The molecule has 10 heteroatoms. The molecule has 3 amide bonds. The van der Waals surface area contributed by atoms with E-state index < -0.39 is 5.82 Å². The Labute approximate surface area is 177 Å². The summed E-state index contributed by atoms with van der Waals surface area (Å²) in [4.78, 5) is 29.2. The van der Waals surface area contributed by atoms with Gasteiger partial charge in [0.05, 0.1) is 60.9 Å². The molecule has 2 saturated heterocycles. The fourth-order valence-electron chi connectivity index (χ4n) is 4.45. The lowest BCUT2D eigenvalue weighted by molar-refractivity contribution is -0.120. The summed E-state index contributed by atoms with van der Waals surface area (Å²) < 4.78 is 20.7. The first-order chi connectivity index (χ1) is 14.4. The van der Waals surface area contributed by atoms with Gasteiger partial charge in [-0.1, -0.05) is 11.6 Å². The van der Waals surface area contributed by atoms with Crippen molar-refractivity contribution in [1.82, 2.24) is 14.7 Å². The fraction of sp³-hybridized carbons (Fsp3) is 0.450. The van der Waals surface area contributed by atoms with Crippen molar-refractivity contribution in [2.75, 3.05) is 30.0 Å². The Morgan fingerprint density at radius 3 is 2.93 bits per heavy atom. The molecule has 3 aliphatic heterocycles. The number of rotatable bonds is 2. The van der Waals surface area contributed by atoms with E-state index in [0.717, 1.165) is 11.4 Å². The van der Waals surface area contributed by atoms with E-state index in [0.29, 0.717) is 38.5 Å². The Kier molecular flexibility index (Phi) is 4.67. The molecule has 0 radical (unpaired) electrons. The van der Waals surface area contributed by atoms with Crippen molar-refractivity contribution >= 4 is 34.9 Å². The lowest BCUT2D eigenvalue weighted by Crippen LogP contribution is -2.47. The summed E-state index contributed by atoms with van der Waals surface area (Å²) in [7, 11) is 0. The molecule has 4 heterocycles. The maximum atomic E-state index is 13.4. The van der Waals surface area contributed by atoms with Crippen LogP contribution in [0.3, 0.4) is 0 Å². The van der Waals surface area contributed by atoms with Gasteiger partial charge in [0.1, 0.15) is 5.82 Å². The van der Waals surface area contributed by atoms with Crippen LogP contribution < -0.4 is 10.2 Å². The molecule has 2 aromatic rings. The molecule has 0 saturated carbocycles. The van der Waals surface area contributed by atoms with Crippen LogP contribution in [-0.2, 0) is 22.6 Å². The SMILES string of the molecule is CC1Cn2ncc(N3CC4COCC4C3=O)c2CN1C(=O)Nc1ccc(F)c(Cl)c1. The molecule has 2 fully saturated rings. The molecule has 158 valence electrons. The van der Waals surface area contributed by atoms with Crippen LogP contribution in [0, 0.1) is 17.7 Å². The Morgan fingerprint density at radius 1 is 1.33 bits per heavy atom. The molecule has 30 heavy (non-hydrogen) atoms. The minimum absolute atomic E-state index is 0.0538. The third kappa shape index (κ3) is 3.13. The zero-order chi connectivity index (χ0) is 21.0. The summed E-state index contributed by atoms with van der Waals surface area (Å²) in [5, 5.41) is 7.17. The van der Waals surface area contributed by atoms with E-state index in [1.807, 2.05) is 11.6 Å². The van der Waals surface area contributed by atoms with Crippen LogP contribution in [0.5, 0.6) is 0 Å². The number of fused-ring (bicyclic) bond motifs is 2. The van der Waals surface area contributed by atoms with Crippen LogP contribution in [0.1, 0.15) is 12.6 Å². The quantitative estimate of drug-likeness (QED) is 0.789. The Balaban J connectivity index is 1.36. The first-order valence-electron chi connectivity index (χ1n) is 9.89. The zero-order valence-corrected chi connectivity index (χ0v) is 17.1. The van der Waals surface area contributed by atoms with Gasteiger partial charge in [-0.15, -0.1) is 0 Å². The second kappa shape index (κ2) is 7.24. The number of nitrogens with zero attached hydrogens (tertiary/aromatic N) is 4. The van der Waals surface area contributed by atoms with Gasteiger partial charge in [-0.2, -0.15) is 5.10 Å². The van der Waals surface area contributed by atoms with Gasteiger partial charge in [0.2, 0.25) is 5.91 Å². The van der Waals surface area contributed by atoms with Crippen LogP contribution in [0.4, 0.5) is 20.6 Å². The van der Waals surface area contributed by atoms with Crippen molar-refractivity contribution < 1.29 is 18.7 Å². The minimum Gasteiger partial charge on any atom is -0.380 e. The highest BCUT2D eigenvalue weighted by atomic mass is 35.5. The summed E-state index contributed by atoms with van der Waals surface area (Å²) in [5.74, 6) is -0.368. The van der Waals surface area contributed by atoms with Crippen molar-refractivity contribution in [2.45, 2.75) is 26.1 Å². The maximum Gasteiger partial charge on any atom is 0.322 e. The largest absolute Gasteiger partial charge is 0.380 e. The van der Waals surface area contributed by atoms with E-state index in [2.05, 4.69) is 10.4 Å². The topological polar surface area (TPSA) is 79.7 Å². The van der Waals surface area contributed by atoms with E-state index in [4.69, 9.17) is 16.3 Å². The smallest absolute Gasteiger partial charge is 0.322 e. The van der Waals surface area contributed by atoms with Crippen molar-refractivity contribution in [2.24, 2.45) is 11.8 Å². The monoisotopic (exact) mass is 433 g/mol. The fourth-order valence-corrected chi connectivity index (χ4v) is 4.63. The number of urea groups is 1. The second-order valence-corrected chi connectivity index (χ2v) is 8.45. The summed E-state index contributed by atoms with van der Waals surface area (Å²) >= 11 is 5.81. The molecule has 3 unspecified atom stereocenters. The van der Waals surface area contributed by atoms with E-state index >= 15 is 0 Å². The molecule has 1 aromatic carbocycles. The molecular formula is C20H21ClFN5O3. The number of hydrogen-bond donors (Lipinski definition) is 1. The van der Waals surface area contributed by atoms with Crippen LogP contribution in [0.2, 0.25) is 5.02 Å². The number of halogens is 2. The number of benzene rings is 1. The highest BCUT2D eigenvalue weighted by Gasteiger charge is 2.46. The number of amides is 3. The van der Waals surface area contributed by atoms with Crippen LogP contribution in [0.15, 0.2) is 24.4 Å². The van der Waals surface area contributed by atoms with Gasteiger partial charge in [-0.3, -0.25) is 9.48 Å². The molecule has 0 bridgehead atoms. The molecule has 8 nitrogen and oxygen atoms in total. The second-order valence-electron chi connectivity index (χ2n) is 8.05. The van der Waals surface area contributed by atoms with E-state index in [-0.39, 0.29) is 34.8 Å². The molecule has 1 N–H and O–H groups in total. The molecule has 3 atom stereocenters. The van der Waals surface area contributed by atoms with Gasteiger partial charge in [-0.05, 0) is 25.1 Å². The van der Waals surface area contributed by atoms with Gasteiger partial charge in [0.25, 0.3) is 0 Å². The van der Waals surface area contributed by atoms with Gasteiger partial charge >= 0.3 is 6.03 Å². The predicted octanol–water partition coefficient (Wildman–Crippen LogP) is 2.72. The number of anilines is 2. The summed E-state index contributed by atoms with van der Waals surface area (Å²) in [6.45, 7) is 4.44. The van der Waals surface area contributed by atoms with Crippen molar-refractivity contribution in [3.63, 3.8) is 0 Å². The highest BCUT2D eigenvalue weighted by molar-refractivity contribution is 6.31. The van der Waals surface area contributed by atoms with Gasteiger partial charge in [0, 0.05) is 18.2 Å². The van der Waals surface area contributed by atoms with Gasteiger partial charge in [0.15, 0.2) is 0 Å². The average molecular weight is 434 g/mol. The molecule has 1 aromatic heterocycles. The standard InChI is InChI=1S/C20H21ClFN5O3/c1-11-6-27-18(8-25(11)20(29)24-13-2-3-16(22)15(21)4-13)17(5-23-27)26-7-12-9-30-10-14(12)19(26)28/h2-5,11-12,14H,6-10H2,1H3,(H,24,29). The number of ether oxygens (including phenoxy) is 1. The lowest BCUT2D eigenvalue weighted by atomic mass is 10.0. The summed E-state index contributed by atoms with van der Waals surface area (Å²) in [6, 6.07) is 3.63. The predicted molar refractivity (Wildman–Crippen MR) is 108 cm³/mol. The molecular weight excluding hydrogens is 413 g/mol. The van der Waals surface area contributed by atoms with Crippen LogP contribution in [0.25, 0.3) is 0 Å².